The molecule has 0 saturated heterocycles. The third kappa shape index (κ3) is 1.05. The molecule has 5 heteroatoms. The van der Waals surface area contributed by atoms with Crippen molar-refractivity contribution < 1.29 is 0 Å². The fourth-order valence-corrected chi connectivity index (χ4v) is 2.12. The van der Waals surface area contributed by atoms with Crippen LogP contribution in [0.25, 0.3) is 0 Å². The van der Waals surface area contributed by atoms with Gasteiger partial charge >= 0.3 is 0 Å². The molecule has 1 aromatic carbocycles. The highest BCUT2D eigenvalue weighted by atomic mass is 15.2. The number of fused-ring (bicyclic) bond motifs is 3. The lowest BCUT2D eigenvalue weighted by molar-refractivity contribution is 0.671. The minimum Gasteiger partial charge on any atom is -0.256 e. The Balaban J connectivity index is 1.95. The molecule has 80 valence electrons. The van der Waals surface area contributed by atoms with Crippen LogP contribution >= 0.6 is 0 Å². The normalized spacial score (nSPS) is 27.1. The van der Waals surface area contributed by atoms with Crippen LogP contribution in [0.3, 0.4) is 0 Å². The van der Waals surface area contributed by atoms with E-state index in [2.05, 4.69) is 25.2 Å². The largest absolute Gasteiger partial charge is 0.256 e. The molecule has 0 fully saturated rings. The van der Waals surface area contributed by atoms with Gasteiger partial charge in [-0.25, -0.2) is 4.99 Å². The molecule has 4 rings (SSSR count). The minimum absolute atomic E-state index is 0.628. The summed E-state index contributed by atoms with van der Waals surface area (Å²) < 4.78 is 0. The molecule has 3 aliphatic rings. The number of amidine groups is 1. The van der Waals surface area contributed by atoms with Gasteiger partial charge < -0.3 is 0 Å². The molecule has 1 unspecified atom stereocenters. The Labute approximate surface area is 97.0 Å². The molecular formula is C12H7N5. The molecule has 0 N–H and O–H groups in total. The van der Waals surface area contributed by atoms with Crippen LogP contribution in [0.2, 0.25) is 0 Å². The average molecular weight is 221 g/mol. The van der Waals surface area contributed by atoms with E-state index in [0.29, 0.717) is 5.84 Å². The maximum atomic E-state index is 4.56. The molecule has 3 heterocycles. The highest BCUT2D eigenvalue weighted by molar-refractivity contribution is 6.18. The Morgan fingerprint density at radius 2 is 2.06 bits per heavy atom. The number of azo groups is 1. The maximum Gasteiger partial charge on any atom is 0.215 e. The van der Waals surface area contributed by atoms with Crippen LogP contribution in [0.1, 0.15) is 5.56 Å². The summed E-state index contributed by atoms with van der Waals surface area (Å²) in [6, 6.07) is 7.87. The molecule has 1 spiro atoms. The van der Waals surface area contributed by atoms with Crippen molar-refractivity contribution in [3.05, 3.63) is 41.6 Å². The van der Waals surface area contributed by atoms with Gasteiger partial charge in [0, 0.05) is 11.8 Å². The number of hydrogen-bond acceptors (Lipinski definition) is 5. The van der Waals surface area contributed by atoms with Gasteiger partial charge in [-0.1, -0.05) is 18.2 Å². The second-order valence-electron chi connectivity index (χ2n) is 4.00. The summed E-state index contributed by atoms with van der Waals surface area (Å²) in [5, 5.41) is 7.81. The van der Waals surface area contributed by atoms with E-state index in [0.717, 1.165) is 16.8 Å². The summed E-state index contributed by atoms with van der Waals surface area (Å²) in [5.41, 5.74) is 2.03. The fraction of sp³-hybridized carbons (Fsp3) is 0.0833. The summed E-state index contributed by atoms with van der Waals surface area (Å²) in [5.74, 6) is 0.628. The van der Waals surface area contributed by atoms with Gasteiger partial charge in [-0.3, -0.25) is 9.98 Å². The van der Waals surface area contributed by atoms with E-state index >= 15 is 0 Å². The Morgan fingerprint density at radius 1 is 1.12 bits per heavy atom. The smallest absolute Gasteiger partial charge is 0.215 e. The second-order valence-corrected chi connectivity index (χ2v) is 4.00. The topological polar surface area (TPSA) is 61.8 Å². The lowest BCUT2D eigenvalue weighted by atomic mass is 10.0. The molecule has 1 aromatic rings. The zero-order chi connectivity index (χ0) is 11.3. The van der Waals surface area contributed by atoms with Crippen LogP contribution in [0.15, 0.2) is 61.2 Å². The first kappa shape index (κ1) is 8.69. The summed E-state index contributed by atoms with van der Waals surface area (Å²) >= 11 is 0. The SMILES string of the molecule is C1=Nc2ccccc2C12N=CC1=CN=NC1=N2. The molecule has 0 amide bonds. The van der Waals surface area contributed by atoms with Crippen molar-refractivity contribution in [2.45, 2.75) is 5.66 Å². The number of hydrogen-bond donors (Lipinski definition) is 0. The van der Waals surface area contributed by atoms with E-state index in [1.807, 2.05) is 24.3 Å². The van der Waals surface area contributed by atoms with Gasteiger partial charge in [0.1, 0.15) is 0 Å². The highest BCUT2D eigenvalue weighted by Gasteiger charge is 2.38. The summed E-state index contributed by atoms with van der Waals surface area (Å²) in [6.45, 7) is 0. The molecule has 0 radical (unpaired) electrons. The van der Waals surface area contributed by atoms with Gasteiger partial charge in [0.2, 0.25) is 5.66 Å². The van der Waals surface area contributed by atoms with E-state index < -0.39 is 5.66 Å². The second kappa shape index (κ2) is 2.82. The van der Waals surface area contributed by atoms with E-state index in [1.165, 1.54) is 0 Å². The maximum absolute atomic E-state index is 4.56. The molecule has 0 bridgehead atoms. The van der Waals surface area contributed by atoms with E-state index in [1.54, 1.807) is 18.6 Å². The average Bonchev–Trinajstić information content (AvgIpc) is 2.96. The van der Waals surface area contributed by atoms with Gasteiger partial charge in [-0.05, 0) is 6.07 Å². The van der Waals surface area contributed by atoms with Gasteiger partial charge in [-0.2, -0.15) is 5.11 Å². The van der Waals surface area contributed by atoms with Crippen molar-refractivity contribution >= 4 is 24.0 Å². The first-order valence-electron chi connectivity index (χ1n) is 5.29. The summed E-state index contributed by atoms with van der Waals surface area (Å²) in [4.78, 5) is 13.4. The molecule has 5 nitrogen and oxygen atoms in total. The summed E-state index contributed by atoms with van der Waals surface area (Å²) in [6.07, 6.45) is 5.18. The van der Waals surface area contributed by atoms with Crippen molar-refractivity contribution in [3.8, 4) is 0 Å². The molecular weight excluding hydrogens is 214 g/mol. The number of nitrogens with zero attached hydrogens (tertiary/aromatic N) is 5. The number of rotatable bonds is 0. The molecule has 3 aliphatic heterocycles. The number of para-hydroxylation sites is 1. The quantitative estimate of drug-likeness (QED) is 0.645. The van der Waals surface area contributed by atoms with Crippen molar-refractivity contribution in [2.75, 3.05) is 0 Å². The standard InChI is InChI=1S/C12H7N5/c1-2-4-10-9(3-1)12(7-13-10)14-5-8-6-15-17-11(8)16-12/h1-7H. The third-order valence-corrected chi connectivity index (χ3v) is 2.97. The third-order valence-electron chi connectivity index (χ3n) is 2.97. The van der Waals surface area contributed by atoms with E-state index in [-0.39, 0.29) is 0 Å². The van der Waals surface area contributed by atoms with Crippen LogP contribution in [-0.2, 0) is 5.66 Å². The van der Waals surface area contributed by atoms with Crippen molar-refractivity contribution in [3.63, 3.8) is 0 Å². The van der Waals surface area contributed by atoms with Crippen LogP contribution in [0.4, 0.5) is 5.69 Å². The Bertz CT molecular complexity index is 665. The lowest BCUT2D eigenvalue weighted by Gasteiger charge is -2.21. The van der Waals surface area contributed by atoms with Gasteiger partial charge in [0.05, 0.1) is 23.7 Å². The molecule has 0 aliphatic carbocycles. The fourth-order valence-electron chi connectivity index (χ4n) is 2.12. The summed E-state index contributed by atoms with van der Waals surface area (Å²) in [7, 11) is 0. The Kier molecular flexibility index (Phi) is 1.44. The highest BCUT2D eigenvalue weighted by Crippen LogP contribution is 2.40. The predicted molar refractivity (Wildman–Crippen MR) is 65.1 cm³/mol. The van der Waals surface area contributed by atoms with Crippen molar-refractivity contribution in [1.82, 2.24) is 0 Å². The van der Waals surface area contributed by atoms with Crippen LogP contribution in [0.5, 0.6) is 0 Å². The molecule has 1 atom stereocenters. The van der Waals surface area contributed by atoms with Crippen molar-refractivity contribution in [1.29, 1.82) is 0 Å². The lowest BCUT2D eigenvalue weighted by Crippen LogP contribution is -2.26. The van der Waals surface area contributed by atoms with Gasteiger partial charge in [0.15, 0.2) is 5.84 Å². The van der Waals surface area contributed by atoms with Crippen LogP contribution < -0.4 is 0 Å². The van der Waals surface area contributed by atoms with Crippen LogP contribution in [0, 0.1) is 0 Å². The minimum atomic E-state index is -0.730. The first-order valence-corrected chi connectivity index (χ1v) is 5.29. The zero-order valence-corrected chi connectivity index (χ0v) is 8.78. The van der Waals surface area contributed by atoms with Crippen molar-refractivity contribution in [2.24, 2.45) is 25.2 Å². The Morgan fingerprint density at radius 3 is 3.06 bits per heavy atom. The number of benzene rings is 1. The van der Waals surface area contributed by atoms with Gasteiger partial charge in [0.25, 0.3) is 0 Å². The predicted octanol–water partition coefficient (Wildman–Crippen LogP) is 2.39. The number of aliphatic imine (C=N–C) groups is 3. The molecule has 0 aromatic heterocycles. The first-order chi connectivity index (χ1) is 8.37. The zero-order valence-electron chi connectivity index (χ0n) is 8.78. The van der Waals surface area contributed by atoms with Crippen LogP contribution in [-0.4, -0.2) is 18.3 Å². The molecule has 0 saturated carbocycles. The molecule has 17 heavy (non-hydrogen) atoms. The Hall–Kier alpha value is -2.43. The monoisotopic (exact) mass is 221 g/mol. The van der Waals surface area contributed by atoms with Gasteiger partial charge in [-0.15, -0.1) is 5.11 Å². The van der Waals surface area contributed by atoms with E-state index in [4.69, 9.17) is 0 Å². The van der Waals surface area contributed by atoms with E-state index in [9.17, 15) is 0 Å².